The fraction of sp³-hybridized carbons (Fsp3) is 0.138. The third-order valence-electron chi connectivity index (χ3n) is 5.51. The molecule has 0 aliphatic heterocycles. The molecule has 1 radical (unpaired) electrons. The number of nitriles is 1. The number of carbonyl (C=O) groups excluding carboxylic acids is 2. The Labute approximate surface area is 229 Å². The summed E-state index contributed by atoms with van der Waals surface area (Å²) >= 11 is 1.25. The highest BCUT2D eigenvalue weighted by atomic mass is 32.1. The molecule has 0 aliphatic rings. The van der Waals surface area contributed by atoms with Crippen molar-refractivity contribution in [2.75, 3.05) is 24.0 Å². The van der Waals surface area contributed by atoms with Crippen LogP contribution in [0.3, 0.4) is 0 Å². The lowest BCUT2D eigenvalue weighted by Gasteiger charge is -2.16. The lowest BCUT2D eigenvalue weighted by Crippen LogP contribution is -2.14. The highest BCUT2D eigenvalue weighted by Gasteiger charge is 2.20. The van der Waals surface area contributed by atoms with Crippen LogP contribution in [0.15, 0.2) is 66.0 Å². The number of hydrogen-bond donors (Lipinski definition) is 2. The number of hydrogen-bond acceptors (Lipinski definition) is 7. The summed E-state index contributed by atoms with van der Waals surface area (Å²) in [4.78, 5) is 29.9. The Kier molecular flexibility index (Phi) is 8.99. The molecule has 0 fully saturated rings. The Morgan fingerprint density at radius 1 is 1.10 bits per heavy atom. The number of benzene rings is 2. The van der Waals surface area contributed by atoms with Crippen molar-refractivity contribution in [1.29, 1.82) is 5.26 Å². The van der Waals surface area contributed by atoms with E-state index >= 15 is 0 Å². The van der Waals surface area contributed by atoms with Crippen LogP contribution in [0.2, 0.25) is 0 Å². The zero-order chi connectivity index (χ0) is 27.8. The van der Waals surface area contributed by atoms with E-state index in [9.17, 15) is 19.2 Å². The predicted molar refractivity (Wildman–Crippen MR) is 148 cm³/mol. The summed E-state index contributed by atoms with van der Waals surface area (Å²) in [7, 11) is 0. The van der Waals surface area contributed by atoms with E-state index < -0.39 is 11.7 Å². The van der Waals surface area contributed by atoms with Gasteiger partial charge in [-0.05, 0) is 61.2 Å². The van der Waals surface area contributed by atoms with Crippen LogP contribution in [-0.2, 0) is 9.53 Å². The number of rotatable bonds is 10. The molecule has 2 aromatic heterocycles. The van der Waals surface area contributed by atoms with E-state index in [1.54, 1.807) is 54.8 Å². The van der Waals surface area contributed by atoms with Crippen molar-refractivity contribution >= 4 is 34.7 Å². The van der Waals surface area contributed by atoms with Gasteiger partial charge in [0.25, 0.3) is 5.91 Å². The van der Waals surface area contributed by atoms with Crippen LogP contribution in [0.5, 0.6) is 5.75 Å². The minimum Gasteiger partial charge on any atom is -0.467 e. The van der Waals surface area contributed by atoms with Gasteiger partial charge in [-0.2, -0.15) is 5.26 Å². The Balaban J connectivity index is 1.88. The van der Waals surface area contributed by atoms with Crippen LogP contribution >= 0.6 is 11.3 Å². The van der Waals surface area contributed by atoms with Gasteiger partial charge in [0.05, 0.1) is 10.6 Å². The third-order valence-corrected chi connectivity index (χ3v) is 6.38. The van der Waals surface area contributed by atoms with E-state index in [2.05, 4.69) is 28.6 Å². The predicted octanol–water partition coefficient (Wildman–Crippen LogP) is 6.28. The molecule has 0 atom stereocenters. The number of halogens is 1. The van der Waals surface area contributed by atoms with E-state index in [4.69, 9.17) is 9.47 Å². The molecule has 0 saturated heterocycles. The molecule has 10 heteroatoms. The van der Waals surface area contributed by atoms with Gasteiger partial charge in [0.15, 0.2) is 12.6 Å². The van der Waals surface area contributed by atoms with E-state index in [1.807, 2.05) is 0 Å². The fourth-order valence-corrected chi connectivity index (χ4v) is 4.31. The van der Waals surface area contributed by atoms with Gasteiger partial charge in [-0.1, -0.05) is 18.2 Å². The number of amides is 2. The summed E-state index contributed by atoms with van der Waals surface area (Å²) in [5.74, 6) is -1.01. The molecule has 0 unspecified atom stereocenters. The summed E-state index contributed by atoms with van der Waals surface area (Å²) in [6.45, 7) is 5.69. The van der Waals surface area contributed by atoms with E-state index in [0.717, 1.165) is 0 Å². The van der Waals surface area contributed by atoms with Crippen molar-refractivity contribution in [2.24, 2.45) is 0 Å². The molecule has 0 aliphatic carbocycles. The van der Waals surface area contributed by atoms with Gasteiger partial charge in [0, 0.05) is 35.9 Å². The first kappa shape index (κ1) is 27.4. The lowest BCUT2D eigenvalue weighted by atomic mass is 9.97. The minimum absolute atomic E-state index is 0.0238. The zero-order valence-electron chi connectivity index (χ0n) is 21.0. The van der Waals surface area contributed by atoms with Gasteiger partial charge in [0.1, 0.15) is 23.2 Å². The highest BCUT2D eigenvalue weighted by molar-refractivity contribution is 7.12. The van der Waals surface area contributed by atoms with Crippen LogP contribution < -0.4 is 15.4 Å². The summed E-state index contributed by atoms with van der Waals surface area (Å²) < 4.78 is 25.1. The second-order valence-corrected chi connectivity index (χ2v) is 9.04. The maximum atomic E-state index is 14.1. The van der Waals surface area contributed by atoms with Crippen molar-refractivity contribution in [3.63, 3.8) is 0 Å². The standard InChI is InChI=1S/C29H24FN4O4S/c1-3-27(35)32-20-8-5-7-18(13-20)22-15-24(21-11-10-19(30)14-25(21)38-17-37-4-2)33-28(23(22)16-31)34-29(36)26-9-6-12-39-26/h5-15H,1,3-4,17H2,2H3,(H,32,35)(H,33,34,36). The third kappa shape index (κ3) is 6.65. The quantitative estimate of drug-likeness (QED) is 0.180. The molecule has 0 saturated carbocycles. The van der Waals surface area contributed by atoms with E-state index in [-0.39, 0.29) is 36.3 Å². The monoisotopic (exact) mass is 543 g/mol. The molecule has 2 heterocycles. The van der Waals surface area contributed by atoms with Crippen LogP contribution in [0.4, 0.5) is 15.9 Å². The number of ether oxygens (including phenoxy) is 2. The molecule has 197 valence electrons. The highest BCUT2D eigenvalue weighted by Crippen LogP contribution is 2.37. The number of anilines is 2. The molecule has 4 rings (SSSR count). The molecular formula is C29H24FN4O4S. The van der Waals surface area contributed by atoms with Gasteiger partial charge < -0.3 is 20.1 Å². The number of thiophene rings is 1. The molecule has 2 amide bonds. The van der Waals surface area contributed by atoms with Gasteiger partial charge >= 0.3 is 0 Å². The average molecular weight is 544 g/mol. The number of nitrogens with one attached hydrogen (secondary N) is 2. The Hall–Kier alpha value is -4.59. The topological polar surface area (TPSA) is 113 Å². The van der Waals surface area contributed by atoms with Crippen molar-refractivity contribution in [1.82, 2.24) is 4.98 Å². The Bertz CT molecular complexity index is 1530. The normalized spacial score (nSPS) is 10.5. The first-order valence-corrected chi connectivity index (χ1v) is 12.8. The zero-order valence-corrected chi connectivity index (χ0v) is 21.8. The summed E-state index contributed by atoms with van der Waals surface area (Å²) in [6.07, 6.45) is 0.0566. The number of pyridine rings is 1. The maximum absolute atomic E-state index is 14.1. The van der Waals surface area contributed by atoms with Crippen molar-refractivity contribution in [3.05, 3.63) is 89.2 Å². The average Bonchev–Trinajstić information content (AvgIpc) is 3.48. The number of carbonyl (C=O) groups is 2. The SMILES string of the molecule is [CH2]CC(=O)Nc1cccc(-c2cc(-c3ccc(F)cc3OCOCC)nc(NC(=O)c3cccs3)c2C#N)c1. The maximum Gasteiger partial charge on any atom is 0.266 e. The molecule has 39 heavy (non-hydrogen) atoms. The lowest BCUT2D eigenvalue weighted by molar-refractivity contribution is -0.115. The minimum atomic E-state index is -0.515. The van der Waals surface area contributed by atoms with Gasteiger partial charge in [-0.15, -0.1) is 11.3 Å². The Morgan fingerprint density at radius 3 is 2.67 bits per heavy atom. The number of aromatic nitrogens is 1. The van der Waals surface area contributed by atoms with Crippen molar-refractivity contribution < 1.29 is 23.5 Å². The van der Waals surface area contributed by atoms with Crippen LogP contribution in [0.1, 0.15) is 28.6 Å². The van der Waals surface area contributed by atoms with Crippen LogP contribution in [0.25, 0.3) is 22.4 Å². The summed E-state index contributed by atoms with van der Waals surface area (Å²) in [5.41, 5.74) is 2.40. The summed E-state index contributed by atoms with van der Waals surface area (Å²) in [6, 6.07) is 18.1. The van der Waals surface area contributed by atoms with Crippen LogP contribution in [-0.4, -0.2) is 30.2 Å². The van der Waals surface area contributed by atoms with E-state index in [0.29, 0.717) is 39.6 Å². The fourth-order valence-electron chi connectivity index (χ4n) is 3.69. The van der Waals surface area contributed by atoms with Gasteiger partial charge in [-0.25, -0.2) is 9.37 Å². The van der Waals surface area contributed by atoms with Gasteiger partial charge in [-0.3, -0.25) is 9.59 Å². The molecular weight excluding hydrogens is 519 g/mol. The second kappa shape index (κ2) is 12.8. The summed E-state index contributed by atoms with van der Waals surface area (Å²) in [5, 5.41) is 17.4. The number of nitrogens with zero attached hydrogens (tertiary/aromatic N) is 2. The molecule has 8 nitrogen and oxygen atoms in total. The second-order valence-electron chi connectivity index (χ2n) is 8.10. The van der Waals surface area contributed by atoms with Crippen molar-refractivity contribution in [3.8, 4) is 34.2 Å². The first-order valence-electron chi connectivity index (χ1n) is 11.9. The molecule has 0 spiro atoms. The van der Waals surface area contributed by atoms with Crippen molar-refractivity contribution in [2.45, 2.75) is 13.3 Å². The molecule has 2 N–H and O–H groups in total. The molecule has 2 aromatic carbocycles. The largest absolute Gasteiger partial charge is 0.467 e. The Morgan fingerprint density at radius 2 is 1.95 bits per heavy atom. The molecule has 4 aromatic rings. The smallest absolute Gasteiger partial charge is 0.266 e. The first-order chi connectivity index (χ1) is 18.9. The van der Waals surface area contributed by atoms with E-state index in [1.165, 1.54) is 29.5 Å². The molecule has 0 bridgehead atoms. The van der Waals surface area contributed by atoms with Crippen LogP contribution in [0, 0.1) is 24.1 Å². The van der Waals surface area contributed by atoms with Gasteiger partial charge in [0.2, 0.25) is 5.91 Å².